The van der Waals surface area contributed by atoms with Gasteiger partial charge in [-0.15, -0.1) is 11.3 Å². The van der Waals surface area contributed by atoms with Crippen LogP contribution in [0, 0.1) is 6.92 Å². The van der Waals surface area contributed by atoms with Gasteiger partial charge in [-0.3, -0.25) is 0 Å². The van der Waals surface area contributed by atoms with E-state index in [0.29, 0.717) is 10.8 Å². The van der Waals surface area contributed by atoms with Gasteiger partial charge < -0.3 is 9.73 Å². The van der Waals surface area contributed by atoms with Crippen LogP contribution < -0.4 is 10.0 Å². The molecule has 0 spiro atoms. The minimum atomic E-state index is -3.46. The van der Waals surface area contributed by atoms with Crippen LogP contribution in [0.4, 0.5) is 0 Å². The molecule has 0 unspecified atom stereocenters. The molecule has 5 nitrogen and oxygen atoms in total. The molecule has 2 aromatic rings. The molecule has 2 aromatic heterocycles. The van der Waals surface area contributed by atoms with Gasteiger partial charge in [-0.2, -0.15) is 0 Å². The third-order valence-corrected chi connectivity index (χ3v) is 5.76. The zero-order valence-electron chi connectivity index (χ0n) is 10.8. The molecule has 0 radical (unpaired) electrons. The Morgan fingerprint density at radius 1 is 1.37 bits per heavy atom. The van der Waals surface area contributed by atoms with Gasteiger partial charge in [0.25, 0.3) is 0 Å². The highest BCUT2D eigenvalue weighted by atomic mass is 32.2. The van der Waals surface area contributed by atoms with Crippen molar-refractivity contribution >= 4 is 21.4 Å². The predicted octanol–water partition coefficient (Wildman–Crippen LogP) is 1.85. The SMILES string of the molecule is CNCc1sc(S(=O)(=O)NCc2ccoc2)cc1C. The predicted molar refractivity (Wildman–Crippen MR) is 74.6 cm³/mol. The molecule has 0 aromatic carbocycles. The van der Waals surface area contributed by atoms with Gasteiger partial charge in [-0.05, 0) is 31.7 Å². The summed E-state index contributed by atoms with van der Waals surface area (Å²) in [6, 6.07) is 3.43. The first-order valence-electron chi connectivity index (χ1n) is 5.77. The Morgan fingerprint density at radius 2 is 2.16 bits per heavy atom. The summed E-state index contributed by atoms with van der Waals surface area (Å²) in [5, 5.41) is 3.03. The Morgan fingerprint density at radius 3 is 2.79 bits per heavy atom. The lowest BCUT2D eigenvalue weighted by Gasteiger charge is -2.02. The van der Waals surface area contributed by atoms with Gasteiger partial charge in [-0.1, -0.05) is 0 Å². The number of hydrogen-bond donors (Lipinski definition) is 2. The van der Waals surface area contributed by atoms with Crippen LogP contribution in [-0.4, -0.2) is 15.5 Å². The summed E-state index contributed by atoms with van der Waals surface area (Å²) in [4.78, 5) is 1.03. The number of nitrogens with one attached hydrogen (secondary N) is 2. The molecule has 0 bridgehead atoms. The highest BCUT2D eigenvalue weighted by molar-refractivity contribution is 7.91. The highest BCUT2D eigenvalue weighted by Gasteiger charge is 2.18. The molecule has 7 heteroatoms. The molecule has 0 amide bonds. The first kappa shape index (κ1) is 14.3. The number of rotatable bonds is 6. The Labute approximate surface area is 116 Å². The smallest absolute Gasteiger partial charge is 0.250 e. The summed E-state index contributed by atoms with van der Waals surface area (Å²) in [5.41, 5.74) is 1.79. The highest BCUT2D eigenvalue weighted by Crippen LogP contribution is 2.25. The number of furan rings is 1. The topological polar surface area (TPSA) is 71.3 Å². The van der Waals surface area contributed by atoms with E-state index < -0.39 is 10.0 Å². The molecular weight excluding hydrogens is 284 g/mol. The number of hydrogen-bond acceptors (Lipinski definition) is 5. The molecule has 2 N–H and O–H groups in total. The lowest BCUT2D eigenvalue weighted by Crippen LogP contribution is -2.22. The summed E-state index contributed by atoms with van der Waals surface area (Å²) >= 11 is 1.29. The normalized spacial score (nSPS) is 11.9. The maximum Gasteiger partial charge on any atom is 0.250 e. The third kappa shape index (κ3) is 3.44. The Kier molecular flexibility index (Phi) is 4.41. The van der Waals surface area contributed by atoms with E-state index in [2.05, 4.69) is 10.0 Å². The summed E-state index contributed by atoms with van der Waals surface area (Å²) < 4.78 is 32.1. The lowest BCUT2D eigenvalue weighted by molar-refractivity contribution is 0.561. The van der Waals surface area contributed by atoms with E-state index in [1.165, 1.54) is 23.9 Å². The fourth-order valence-electron chi connectivity index (χ4n) is 1.60. The van der Waals surface area contributed by atoms with Crippen LogP contribution in [0.25, 0.3) is 0 Å². The van der Waals surface area contributed by atoms with Crippen molar-refractivity contribution < 1.29 is 12.8 Å². The second kappa shape index (κ2) is 5.87. The molecule has 0 atom stereocenters. The molecular formula is C12H16N2O3S2. The lowest BCUT2D eigenvalue weighted by atomic mass is 10.3. The third-order valence-electron chi connectivity index (χ3n) is 2.65. The zero-order valence-corrected chi connectivity index (χ0v) is 12.4. The second-order valence-corrected chi connectivity index (χ2v) is 7.29. The van der Waals surface area contributed by atoms with Crippen molar-refractivity contribution in [1.82, 2.24) is 10.0 Å². The van der Waals surface area contributed by atoms with Crippen LogP contribution in [0.15, 0.2) is 33.3 Å². The first-order chi connectivity index (χ1) is 9.03. The van der Waals surface area contributed by atoms with Crippen molar-refractivity contribution in [2.45, 2.75) is 24.2 Å². The Hall–Kier alpha value is -1.15. The molecule has 2 rings (SSSR count). The fraction of sp³-hybridized carbons (Fsp3) is 0.333. The largest absolute Gasteiger partial charge is 0.472 e. The van der Waals surface area contributed by atoms with Gasteiger partial charge >= 0.3 is 0 Å². The van der Waals surface area contributed by atoms with Crippen molar-refractivity contribution in [3.05, 3.63) is 40.7 Å². The van der Waals surface area contributed by atoms with Crippen molar-refractivity contribution in [2.24, 2.45) is 0 Å². The minimum Gasteiger partial charge on any atom is -0.472 e. The summed E-state index contributed by atoms with van der Waals surface area (Å²) in [7, 11) is -1.62. The van der Waals surface area contributed by atoms with Crippen LogP contribution >= 0.6 is 11.3 Å². The molecule has 0 saturated heterocycles. The Bertz CT molecular complexity index is 630. The van der Waals surface area contributed by atoms with Crippen LogP contribution in [0.1, 0.15) is 16.0 Å². The Balaban J connectivity index is 2.12. The average molecular weight is 300 g/mol. The van der Waals surface area contributed by atoms with Crippen LogP contribution in [0.5, 0.6) is 0 Å². The number of sulfonamides is 1. The monoisotopic (exact) mass is 300 g/mol. The van der Waals surface area contributed by atoms with Gasteiger partial charge in [-0.25, -0.2) is 13.1 Å². The van der Waals surface area contributed by atoms with Gasteiger partial charge in [0.2, 0.25) is 10.0 Å². The summed E-state index contributed by atoms with van der Waals surface area (Å²) in [5.74, 6) is 0. The molecule has 104 valence electrons. The fourth-order valence-corrected chi connectivity index (χ4v) is 4.26. The van der Waals surface area contributed by atoms with Gasteiger partial charge in [0.15, 0.2) is 0 Å². The van der Waals surface area contributed by atoms with E-state index in [1.54, 1.807) is 12.1 Å². The molecule has 2 heterocycles. The van der Waals surface area contributed by atoms with Gasteiger partial charge in [0, 0.05) is 23.5 Å². The summed E-state index contributed by atoms with van der Waals surface area (Å²) in [6.07, 6.45) is 3.04. The molecule has 0 aliphatic rings. The van der Waals surface area contributed by atoms with Crippen molar-refractivity contribution in [3.8, 4) is 0 Å². The molecule has 0 aliphatic carbocycles. The minimum absolute atomic E-state index is 0.233. The quantitative estimate of drug-likeness (QED) is 0.854. The molecule has 19 heavy (non-hydrogen) atoms. The van der Waals surface area contributed by atoms with Gasteiger partial charge in [0.05, 0.1) is 12.5 Å². The molecule has 0 fully saturated rings. The summed E-state index contributed by atoms with van der Waals surface area (Å²) in [6.45, 7) is 2.82. The second-order valence-electron chi connectivity index (χ2n) is 4.16. The standard InChI is InChI=1S/C12H16N2O3S2/c1-9-5-12(18-11(9)7-13-2)19(15,16)14-6-10-3-4-17-8-10/h3-5,8,13-14H,6-7H2,1-2H3. The van der Waals surface area contributed by atoms with Crippen molar-refractivity contribution in [1.29, 1.82) is 0 Å². The maximum atomic E-state index is 12.1. The van der Waals surface area contributed by atoms with Gasteiger partial charge in [0.1, 0.15) is 4.21 Å². The van der Waals surface area contributed by atoms with E-state index in [4.69, 9.17) is 4.42 Å². The maximum absolute atomic E-state index is 12.1. The molecule has 0 aliphatic heterocycles. The van der Waals surface area contributed by atoms with E-state index >= 15 is 0 Å². The van der Waals surface area contributed by atoms with E-state index in [9.17, 15) is 8.42 Å². The van der Waals surface area contributed by atoms with Crippen LogP contribution in [0.3, 0.4) is 0 Å². The van der Waals surface area contributed by atoms with E-state index in [0.717, 1.165) is 16.0 Å². The number of thiophene rings is 1. The first-order valence-corrected chi connectivity index (χ1v) is 8.07. The van der Waals surface area contributed by atoms with Crippen molar-refractivity contribution in [2.75, 3.05) is 7.05 Å². The van der Waals surface area contributed by atoms with Crippen LogP contribution in [0.2, 0.25) is 0 Å². The zero-order chi connectivity index (χ0) is 13.9. The van der Waals surface area contributed by atoms with Crippen LogP contribution in [-0.2, 0) is 23.1 Å². The molecule has 0 saturated carbocycles. The van der Waals surface area contributed by atoms with E-state index in [-0.39, 0.29) is 6.54 Å². The van der Waals surface area contributed by atoms with E-state index in [1.807, 2.05) is 14.0 Å². The average Bonchev–Trinajstić information content (AvgIpc) is 2.98. The van der Waals surface area contributed by atoms with Crippen molar-refractivity contribution in [3.63, 3.8) is 0 Å². The number of aryl methyl sites for hydroxylation is 1.